The molecule has 0 aliphatic carbocycles. The maximum Gasteiger partial charge on any atom is 0.262 e. The molecule has 3 aliphatic rings. The molecule has 2 atom stereocenters. The molecule has 0 aromatic heterocycles. The van der Waals surface area contributed by atoms with Crippen LogP contribution in [-0.2, 0) is 0 Å². The number of likely N-dealkylation sites (tertiary alicyclic amines) is 1. The molecule has 104 valence electrons. The van der Waals surface area contributed by atoms with Gasteiger partial charge in [-0.05, 0) is 37.1 Å². The third-order valence-corrected chi connectivity index (χ3v) is 4.68. The van der Waals surface area contributed by atoms with E-state index in [0.717, 1.165) is 26.2 Å². The van der Waals surface area contributed by atoms with E-state index in [2.05, 4.69) is 10.2 Å². The van der Waals surface area contributed by atoms with E-state index in [1.165, 1.54) is 4.90 Å². The molecule has 1 aromatic rings. The van der Waals surface area contributed by atoms with Crippen molar-refractivity contribution < 1.29 is 9.59 Å². The minimum absolute atomic E-state index is 0.152. The highest BCUT2D eigenvalue weighted by Gasteiger charge is 2.40. The topological polar surface area (TPSA) is 52.7 Å². The average Bonchev–Trinajstić information content (AvgIpc) is 3.09. The van der Waals surface area contributed by atoms with Gasteiger partial charge in [-0.2, -0.15) is 0 Å². The second-order valence-electron chi connectivity index (χ2n) is 5.94. The number of rotatable bonds is 2. The summed E-state index contributed by atoms with van der Waals surface area (Å²) in [7, 11) is 0. The van der Waals surface area contributed by atoms with Crippen molar-refractivity contribution >= 4 is 11.8 Å². The molecule has 5 heteroatoms. The van der Waals surface area contributed by atoms with Crippen LogP contribution in [0.15, 0.2) is 24.3 Å². The van der Waals surface area contributed by atoms with E-state index < -0.39 is 0 Å². The SMILES string of the molecule is O=C1c2ccccc2C(=O)N1CN1CC2CNCC2C1. The van der Waals surface area contributed by atoms with Gasteiger partial charge in [-0.15, -0.1) is 0 Å². The number of imide groups is 1. The molecule has 20 heavy (non-hydrogen) atoms. The van der Waals surface area contributed by atoms with Crippen LogP contribution >= 0.6 is 0 Å². The van der Waals surface area contributed by atoms with E-state index in [0.29, 0.717) is 29.6 Å². The van der Waals surface area contributed by atoms with Crippen molar-refractivity contribution in [2.45, 2.75) is 0 Å². The van der Waals surface area contributed by atoms with Crippen molar-refractivity contribution in [1.29, 1.82) is 0 Å². The Kier molecular flexibility index (Phi) is 2.65. The molecule has 2 unspecified atom stereocenters. The van der Waals surface area contributed by atoms with Gasteiger partial charge in [0.1, 0.15) is 0 Å². The lowest BCUT2D eigenvalue weighted by atomic mass is 10.0. The fourth-order valence-corrected chi connectivity index (χ4v) is 3.64. The predicted molar refractivity (Wildman–Crippen MR) is 73.2 cm³/mol. The standard InChI is InChI=1S/C15H17N3O2/c19-14-12-3-1-2-4-13(12)15(20)18(14)9-17-7-10-5-16-6-11(10)8-17/h1-4,10-11,16H,5-9H2. The van der Waals surface area contributed by atoms with Gasteiger partial charge in [0.15, 0.2) is 0 Å². The van der Waals surface area contributed by atoms with Crippen LogP contribution in [-0.4, -0.2) is 54.5 Å². The molecule has 0 spiro atoms. The summed E-state index contributed by atoms with van der Waals surface area (Å²) in [5.41, 5.74) is 1.08. The molecule has 3 heterocycles. The molecule has 0 radical (unpaired) electrons. The number of hydrogen-bond acceptors (Lipinski definition) is 4. The summed E-state index contributed by atoms with van der Waals surface area (Å²) in [6.07, 6.45) is 0. The quantitative estimate of drug-likeness (QED) is 0.791. The van der Waals surface area contributed by atoms with Crippen LogP contribution < -0.4 is 5.32 Å². The number of benzene rings is 1. The maximum atomic E-state index is 12.3. The summed E-state index contributed by atoms with van der Waals surface area (Å²) in [6.45, 7) is 4.50. The van der Waals surface area contributed by atoms with Crippen LogP contribution in [0.5, 0.6) is 0 Å². The Labute approximate surface area is 117 Å². The summed E-state index contributed by atoms with van der Waals surface area (Å²) in [6, 6.07) is 7.08. The maximum absolute atomic E-state index is 12.3. The first-order valence-electron chi connectivity index (χ1n) is 7.12. The Hall–Kier alpha value is -1.72. The molecule has 0 saturated carbocycles. The number of amides is 2. The Bertz CT molecular complexity index is 539. The highest BCUT2D eigenvalue weighted by Crippen LogP contribution is 2.28. The van der Waals surface area contributed by atoms with Crippen LogP contribution in [0.2, 0.25) is 0 Å². The van der Waals surface area contributed by atoms with Gasteiger partial charge in [-0.25, -0.2) is 0 Å². The number of hydrogen-bond donors (Lipinski definition) is 1. The van der Waals surface area contributed by atoms with E-state index >= 15 is 0 Å². The lowest BCUT2D eigenvalue weighted by Crippen LogP contribution is -2.41. The zero-order valence-corrected chi connectivity index (χ0v) is 11.2. The van der Waals surface area contributed by atoms with Crippen LogP contribution in [0.3, 0.4) is 0 Å². The fourth-order valence-electron chi connectivity index (χ4n) is 3.64. The van der Waals surface area contributed by atoms with Crippen molar-refractivity contribution in [2.75, 3.05) is 32.8 Å². The van der Waals surface area contributed by atoms with Gasteiger partial charge in [0.05, 0.1) is 17.8 Å². The summed E-state index contributed by atoms with van der Waals surface area (Å²) >= 11 is 0. The summed E-state index contributed by atoms with van der Waals surface area (Å²) in [4.78, 5) is 28.2. The minimum Gasteiger partial charge on any atom is -0.316 e. The van der Waals surface area contributed by atoms with Gasteiger partial charge in [0.2, 0.25) is 0 Å². The lowest BCUT2D eigenvalue weighted by molar-refractivity contribution is 0.0557. The Morgan fingerprint density at radius 1 is 1.00 bits per heavy atom. The summed E-state index contributed by atoms with van der Waals surface area (Å²) < 4.78 is 0. The van der Waals surface area contributed by atoms with Gasteiger partial charge in [-0.1, -0.05) is 12.1 Å². The number of fused-ring (bicyclic) bond motifs is 2. The van der Waals surface area contributed by atoms with Gasteiger partial charge < -0.3 is 5.32 Å². The second kappa shape index (κ2) is 4.40. The summed E-state index contributed by atoms with van der Waals surface area (Å²) in [5, 5.41) is 3.40. The summed E-state index contributed by atoms with van der Waals surface area (Å²) in [5.74, 6) is 1.04. The van der Waals surface area contributed by atoms with Crippen molar-refractivity contribution in [2.24, 2.45) is 11.8 Å². The molecule has 4 rings (SSSR count). The molecule has 2 saturated heterocycles. The van der Waals surface area contributed by atoms with E-state index in [1.807, 2.05) is 0 Å². The van der Waals surface area contributed by atoms with E-state index in [4.69, 9.17) is 0 Å². The second-order valence-corrected chi connectivity index (χ2v) is 5.94. The van der Waals surface area contributed by atoms with Gasteiger partial charge >= 0.3 is 0 Å². The highest BCUT2D eigenvalue weighted by molar-refractivity contribution is 6.21. The number of carbonyl (C=O) groups is 2. The largest absolute Gasteiger partial charge is 0.316 e. The number of nitrogens with one attached hydrogen (secondary N) is 1. The zero-order chi connectivity index (χ0) is 13.7. The molecule has 2 amide bonds. The van der Waals surface area contributed by atoms with E-state index in [-0.39, 0.29) is 11.8 Å². The smallest absolute Gasteiger partial charge is 0.262 e. The monoisotopic (exact) mass is 271 g/mol. The molecular formula is C15H17N3O2. The molecule has 5 nitrogen and oxygen atoms in total. The first-order chi connectivity index (χ1) is 9.74. The van der Waals surface area contributed by atoms with Gasteiger partial charge in [0.25, 0.3) is 11.8 Å². The molecule has 1 N–H and O–H groups in total. The minimum atomic E-state index is -0.152. The first kappa shape index (κ1) is 12.1. The molecule has 3 aliphatic heterocycles. The Morgan fingerprint density at radius 3 is 2.10 bits per heavy atom. The third-order valence-electron chi connectivity index (χ3n) is 4.68. The van der Waals surface area contributed by atoms with E-state index in [1.54, 1.807) is 24.3 Å². The van der Waals surface area contributed by atoms with Crippen LogP contribution in [0.25, 0.3) is 0 Å². The normalized spacial score (nSPS) is 29.1. The Morgan fingerprint density at radius 2 is 1.55 bits per heavy atom. The predicted octanol–water partition coefficient (Wildman–Crippen LogP) is 0.391. The van der Waals surface area contributed by atoms with Crippen molar-refractivity contribution in [1.82, 2.24) is 15.1 Å². The van der Waals surface area contributed by atoms with Crippen molar-refractivity contribution in [3.05, 3.63) is 35.4 Å². The fraction of sp³-hybridized carbons (Fsp3) is 0.467. The van der Waals surface area contributed by atoms with E-state index in [9.17, 15) is 9.59 Å². The molecule has 1 aromatic carbocycles. The molecular weight excluding hydrogens is 254 g/mol. The van der Waals surface area contributed by atoms with Gasteiger partial charge in [-0.3, -0.25) is 19.4 Å². The molecule has 2 fully saturated rings. The number of nitrogens with zero attached hydrogens (tertiary/aromatic N) is 2. The Balaban J connectivity index is 1.51. The van der Waals surface area contributed by atoms with Crippen LogP contribution in [0.4, 0.5) is 0 Å². The number of carbonyl (C=O) groups excluding carboxylic acids is 2. The van der Waals surface area contributed by atoms with Crippen LogP contribution in [0, 0.1) is 11.8 Å². The zero-order valence-electron chi connectivity index (χ0n) is 11.2. The average molecular weight is 271 g/mol. The van der Waals surface area contributed by atoms with Gasteiger partial charge in [0, 0.05) is 13.1 Å². The van der Waals surface area contributed by atoms with Crippen molar-refractivity contribution in [3.8, 4) is 0 Å². The van der Waals surface area contributed by atoms with Crippen LogP contribution in [0.1, 0.15) is 20.7 Å². The first-order valence-corrected chi connectivity index (χ1v) is 7.12. The molecule has 0 bridgehead atoms. The lowest BCUT2D eigenvalue weighted by Gasteiger charge is -2.23. The highest BCUT2D eigenvalue weighted by atomic mass is 16.2. The van der Waals surface area contributed by atoms with Crippen molar-refractivity contribution in [3.63, 3.8) is 0 Å². The third kappa shape index (κ3) is 1.70.